The molecule has 0 radical (unpaired) electrons. The Kier molecular flexibility index (Phi) is 13.4. The van der Waals surface area contributed by atoms with Crippen molar-refractivity contribution >= 4 is 40.7 Å². The summed E-state index contributed by atoms with van der Waals surface area (Å²) >= 11 is 0. The van der Waals surface area contributed by atoms with E-state index >= 15 is 0 Å². The van der Waals surface area contributed by atoms with Crippen LogP contribution in [0.15, 0.2) is 77.8 Å². The number of fused-ring (bicyclic) bond motifs is 1. The Balaban J connectivity index is 1.85. The topological polar surface area (TPSA) is 169 Å². The quantitative estimate of drug-likeness (QED) is 0.0691. The van der Waals surface area contributed by atoms with Crippen molar-refractivity contribution < 1.29 is 19.2 Å². The molecule has 3 aromatic carbocycles. The monoisotopic (exact) mass is 600 g/mol. The van der Waals surface area contributed by atoms with Gasteiger partial charge in [0, 0.05) is 25.8 Å². The van der Waals surface area contributed by atoms with E-state index < -0.39 is 29.9 Å². The molecule has 234 valence electrons. The van der Waals surface area contributed by atoms with Crippen LogP contribution in [0.4, 0.5) is 0 Å². The lowest BCUT2D eigenvalue weighted by molar-refractivity contribution is -0.132. The number of nitrogens with two attached hydrogens (primary N) is 2. The van der Waals surface area contributed by atoms with E-state index in [9.17, 15) is 19.2 Å². The van der Waals surface area contributed by atoms with E-state index in [-0.39, 0.29) is 31.1 Å². The molecular formula is C34H44N6O4. The third-order valence-electron chi connectivity index (χ3n) is 7.28. The highest BCUT2D eigenvalue weighted by atomic mass is 16.2. The molecule has 0 spiro atoms. The Hall–Kier alpha value is -4.73. The second kappa shape index (κ2) is 17.4. The molecule has 3 unspecified atom stereocenters. The highest BCUT2D eigenvalue weighted by Gasteiger charge is 2.29. The van der Waals surface area contributed by atoms with Gasteiger partial charge in [-0.25, -0.2) is 0 Å². The number of rotatable bonds is 17. The number of carbonyl (C=O) groups is 4. The molecule has 0 saturated carbocycles. The van der Waals surface area contributed by atoms with Crippen molar-refractivity contribution in [3.8, 4) is 0 Å². The van der Waals surface area contributed by atoms with Crippen LogP contribution in [0.25, 0.3) is 10.8 Å². The van der Waals surface area contributed by atoms with E-state index in [1.807, 2.05) is 86.6 Å². The lowest BCUT2D eigenvalue weighted by Crippen LogP contribution is -2.56. The van der Waals surface area contributed by atoms with Crippen LogP contribution in [-0.4, -0.2) is 54.6 Å². The van der Waals surface area contributed by atoms with Crippen LogP contribution < -0.4 is 27.4 Å². The number of hydrogen-bond donors (Lipinski definition) is 5. The van der Waals surface area contributed by atoms with Crippen molar-refractivity contribution in [2.24, 2.45) is 22.4 Å². The van der Waals surface area contributed by atoms with E-state index in [0.29, 0.717) is 38.0 Å². The minimum absolute atomic E-state index is 0.0455. The molecule has 0 aromatic heterocycles. The average Bonchev–Trinajstić information content (AvgIpc) is 3.01. The summed E-state index contributed by atoms with van der Waals surface area (Å²) in [5.41, 5.74) is 12.5. The maximum Gasteiger partial charge on any atom is 0.243 e. The van der Waals surface area contributed by atoms with E-state index in [4.69, 9.17) is 11.5 Å². The molecule has 0 saturated heterocycles. The Bertz CT molecular complexity index is 1420. The minimum Gasteiger partial charge on any atom is -0.370 e. The third kappa shape index (κ3) is 11.2. The Morgan fingerprint density at radius 1 is 0.795 bits per heavy atom. The van der Waals surface area contributed by atoms with Gasteiger partial charge < -0.3 is 32.2 Å². The van der Waals surface area contributed by atoms with E-state index in [1.54, 1.807) is 0 Å². The molecule has 0 aliphatic rings. The largest absolute Gasteiger partial charge is 0.370 e. The molecule has 7 N–H and O–H groups in total. The van der Waals surface area contributed by atoms with Gasteiger partial charge in [0.2, 0.25) is 17.7 Å². The summed E-state index contributed by atoms with van der Waals surface area (Å²) in [4.78, 5) is 56.1. The first-order valence-corrected chi connectivity index (χ1v) is 15.1. The second-order valence-electron chi connectivity index (χ2n) is 11.3. The van der Waals surface area contributed by atoms with Crippen LogP contribution in [0.3, 0.4) is 0 Å². The van der Waals surface area contributed by atoms with Crippen LogP contribution in [0, 0.1) is 5.92 Å². The number of benzene rings is 3. The van der Waals surface area contributed by atoms with Crippen LogP contribution >= 0.6 is 0 Å². The van der Waals surface area contributed by atoms with Crippen molar-refractivity contribution in [1.29, 1.82) is 0 Å². The number of carbonyl (C=O) groups excluding carboxylic acids is 4. The number of aldehydes is 1. The Morgan fingerprint density at radius 2 is 1.45 bits per heavy atom. The molecule has 0 aliphatic heterocycles. The molecule has 10 nitrogen and oxygen atoms in total. The van der Waals surface area contributed by atoms with Gasteiger partial charge in [0.05, 0.1) is 6.04 Å². The van der Waals surface area contributed by atoms with Crippen molar-refractivity contribution in [2.45, 2.75) is 70.5 Å². The van der Waals surface area contributed by atoms with Gasteiger partial charge in [-0.2, -0.15) is 0 Å². The fourth-order valence-corrected chi connectivity index (χ4v) is 4.89. The fraction of sp³-hybridized carbons (Fsp3) is 0.382. The number of amides is 3. The van der Waals surface area contributed by atoms with Crippen molar-refractivity contribution in [3.63, 3.8) is 0 Å². The second-order valence-corrected chi connectivity index (χ2v) is 11.3. The first kappa shape index (κ1) is 33.8. The Labute approximate surface area is 259 Å². The van der Waals surface area contributed by atoms with Crippen LogP contribution in [0.1, 0.15) is 50.7 Å². The number of aliphatic imine (C=N–C) groups is 1. The lowest BCUT2D eigenvalue weighted by atomic mass is 9.97. The normalized spacial score (nSPS) is 13.0. The standard InChI is InChI=1S/C34H44N6O4/c1-23(2)17-18-31(42)39-29(20-24-10-4-3-5-11-24)33(44)40-30(21-26-14-8-13-25-12-6-7-16-28(25)26)32(43)38-27(22-41)15-9-19-37-34(35)36/h3-8,10-14,16,22-23,27,29-30H,9,15,17-21H2,1-2H3,(H,38,43)(H,39,42)(H,40,44)(H4,35,36,37). The Morgan fingerprint density at radius 3 is 2.16 bits per heavy atom. The molecule has 3 amide bonds. The van der Waals surface area contributed by atoms with Gasteiger partial charge in [-0.05, 0) is 47.1 Å². The number of nitrogens with zero attached hydrogens (tertiary/aromatic N) is 1. The lowest BCUT2D eigenvalue weighted by Gasteiger charge is -2.25. The smallest absolute Gasteiger partial charge is 0.243 e. The van der Waals surface area contributed by atoms with Crippen LogP contribution in [0.2, 0.25) is 0 Å². The van der Waals surface area contributed by atoms with E-state index in [0.717, 1.165) is 21.9 Å². The maximum absolute atomic E-state index is 13.8. The number of hydrogen-bond acceptors (Lipinski definition) is 5. The highest BCUT2D eigenvalue weighted by Crippen LogP contribution is 2.20. The van der Waals surface area contributed by atoms with Crippen molar-refractivity contribution in [2.75, 3.05) is 6.54 Å². The summed E-state index contributed by atoms with van der Waals surface area (Å²) in [6, 6.07) is 20.3. The van der Waals surface area contributed by atoms with Crippen molar-refractivity contribution in [1.82, 2.24) is 16.0 Å². The molecule has 0 aliphatic carbocycles. The molecule has 0 heterocycles. The summed E-state index contributed by atoms with van der Waals surface area (Å²) in [5.74, 6) is -0.930. The van der Waals surface area contributed by atoms with Gasteiger partial charge >= 0.3 is 0 Å². The van der Waals surface area contributed by atoms with Gasteiger partial charge in [-0.3, -0.25) is 19.4 Å². The third-order valence-corrected chi connectivity index (χ3v) is 7.28. The van der Waals surface area contributed by atoms with Crippen LogP contribution in [0.5, 0.6) is 0 Å². The predicted octanol–water partition coefficient (Wildman–Crippen LogP) is 2.77. The van der Waals surface area contributed by atoms with Gasteiger partial charge in [-0.15, -0.1) is 0 Å². The fourth-order valence-electron chi connectivity index (χ4n) is 4.89. The number of nitrogens with one attached hydrogen (secondary N) is 3. The van der Waals surface area contributed by atoms with Gasteiger partial charge in [0.15, 0.2) is 5.96 Å². The first-order valence-electron chi connectivity index (χ1n) is 15.1. The van der Waals surface area contributed by atoms with E-state index in [1.165, 1.54) is 0 Å². The van der Waals surface area contributed by atoms with Crippen molar-refractivity contribution in [3.05, 3.63) is 83.9 Å². The van der Waals surface area contributed by atoms with Crippen LogP contribution in [-0.2, 0) is 32.0 Å². The molecule has 0 bridgehead atoms. The average molecular weight is 601 g/mol. The highest BCUT2D eigenvalue weighted by molar-refractivity contribution is 5.94. The summed E-state index contributed by atoms with van der Waals surface area (Å²) < 4.78 is 0. The first-order chi connectivity index (χ1) is 21.2. The summed E-state index contributed by atoms with van der Waals surface area (Å²) in [6.45, 7) is 4.38. The molecule has 3 atom stereocenters. The molecule has 10 heteroatoms. The SMILES string of the molecule is CC(C)CCC(=O)NC(Cc1ccccc1)C(=O)NC(Cc1cccc2ccccc12)C(=O)NC(C=O)CCCN=C(N)N. The van der Waals surface area contributed by atoms with Gasteiger partial charge in [0.1, 0.15) is 18.4 Å². The van der Waals surface area contributed by atoms with Gasteiger partial charge in [-0.1, -0.05) is 86.6 Å². The minimum atomic E-state index is -1.01. The summed E-state index contributed by atoms with van der Waals surface area (Å²) in [7, 11) is 0. The molecule has 0 fully saturated rings. The number of guanidine groups is 1. The van der Waals surface area contributed by atoms with E-state index in [2.05, 4.69) is 20.9 Å². The zero-order valence-corrected chi connectivity index (χ0v) is 25.5. The molecule has 3 rings (SSSR count). The zero-order chi connectivity index (χ0) is 31.9. The summed E-state index contributed by atoms with van der Waals surface area (Å²) in [6.07, 6.45) is 2.87. The maximum atomic E-state index is 13.8. The molecular weight excluding hydrogens is 556 g/mol. The molecule has 44 heavy (non-hydrogen) atoms. The van der Waals surface area contributed by atoms with Gasteiger partial charge in [0.25, 0.3) is 0 Å². The summed E-state index contributed by atoms with van der Waals surface area (Å²) in [5, 5.41) is 10.5. The molecule has 3 aromatic rings. The zero-order valence-electron chi connectivity index (χ0n) is 25.5. The predicted molar refractivity (Wildman–Crippen MR) is 174 cm³/mol.